The summed E-state index contributed by atoms with van der Waals surface area (Å²) in [6.07, 6.45) is 19.7. The van der Waals surface area contributed by atoms with Crippen molar-refractivity contribution in [1.82, 2.24) is 10.6 Å². The summed E-state index contributed by atoms with van der Waals surface area (Å²) in [5, 5.41) is 7.08. The molecular formula is C31H39N3O. The third-order valence-corrected chi connectivity index (χ3v) is 8.24. The minimum atomic E-state index is 0.0888. The van der Waals surface area contributed by atoms with E-state index >= 15 is 0 Å². The van der Waals surface area contributed by atoms with E-state index in [4.69, 9.17) is 5.73 Å². The van der Waals surface area contributed by atoms with E-state index in [2.05, 4.69) is 54.0 Å². The first-order valence-electron chi connectivity index (χ1n) is 13.2. The van der Waals surface area contributed by atoms with Gasteiger partial charge in [-0.2, -0.15) is 0 Å². The van der Waals surface area contributed by atoms with Gasteiger partial charge < -0.3 is 16.4 Å². The topological polar surface area (TPSA) is 67.1 Å². The highest BCUT2D eigenvalue weighted by molar-refractivity contribution is 5.78. The molecule has 184 valence electrons. The van der Waals surface area contributed by atoms with E-state index in [0.29, 0.717) is 11.8 Å². The van der Waals surface area contributed by atoms with Gasteiger partial charge in [0.05, 0.1) is 6.04 Å². The van der Waals surface area contributed by atoms with Crippen molar-refractivity contribution in [2.24, 2.45) is 23.0 Å². The number of carbonyl (C=O) groups excluding carboxylic acids is 1. The second kappa shape index (κ2) is 9.93. The molecule has 4 aliphatic carbocycles. The summed E-state index contributed by atoms with van der Waals surface area (Å²) in [5.74, 6) is 1.70. The second-order valence-electron chi connectivity index (χ2n) is 11.4. The summed E-state index contributed by atoms with van der Waals surface area (Å²) >= 11 is 0. The van der Waals surface area contributed by atoms with Crippen LogP contribution in [0.1, 0.15) is 64.4 Å². The van der Waals surface area contributed by atoms with E-state index in [0.717, 1.165) is 47.3 Å². The molecule has 4 nitrogen and oxygen atoms in total. The van der Waals surface area contributed by atoms with Crippen LogP contribution in [0, 0.1) is 17.3 Å². The first kappa shape index (κ1) is 23.7. The summed E-state index contributed by atoms with van der Waals surface area (Å²) in [6, 6.07) is 10.3. The summed E-state index contributed by atoms with van der Waals surface area (Å²) in [5.41, 5.74) is 13.2. The number of nitrogens with one attached hydrogen (secondary N) is 2. The second-order valence-corrected chi connectivity index (χ2v) is 11.4. The van der Waals surface area contributed by atoms with E-state index in [1.165, 1.54) is 37.7 Å². The first-order valence-corrected chi connectivity index (χ1v) is 13.2. The molecule has 4 bridgehead atoms. The Hall–Kier alpha value is -3.01. The molecule has 35 heavy (non-hydrogen) atoms. The van der Waals surface area contributed by atoms with Gasteiger partial charge >= 0.3 is 0 Å². The van der Waals surface area contributed by atoms with Gasteiger partial charge in [0.2, 0.25) is 5.91 Å². The van der Waals surface area contributed by atoms with Gasteiger partial charge in [-0.25, -0.2) is 0 Å². The van der Waals surface area contributed by atoms with Crippen molar-refractivity contribution in [1.29, 1.82) is 0 Å². The van der Waals surface area contributed by atoms with Crippen molar-refractivity contribution in [3.8, 4) is 0 Å². The zero-order valence-corrected chi connectivity index (χ0v) is 21.1. The Morgan fingerprint density at radius 3 is 2.74 bits per heavy atom. The molecule has 1 aromatic carbocycles. The van der Waals surface area contributed by atoms with Crippen molar-refractivity contribution in [3.63, 3.8) is 0 Å². The molecule has 0 saturated heterocycles. The molecule has 0 aromatic heterocycles. The van der Waals surface area contributed by atoms with Crippen molar-refractivity contribution in [3.05, 3.63) is 94.5 Å². The Bertz CT molecular complexity index is 1120. The predicted molar refractivity (Wildman–Crippen MR) is 143 cm³/mol. The van der Waals surface area contributed by atoms with Gasteiger partial charge in [-0.15, -0.1) is 0 Å². The number of carbonyl (C=O) groups is 1. The van der Waals surface area contributed by atoms with Gasteiger partial charge in [0.1, 0.15) is 0 Å². The van der Waals surface area contributed by atoms with Gasteiger partial charge in [0.25, 0.3) is 0 Å². The van der Waals surface area contributed by atoms with Crippen LogP contribution in [0.15, 0.2) is 88.9 Å². The molecule has 5 aliphatic rings. The summed E-state index contributed by atoms with van der Waals surface area (Å²) < 4.78 is 0. The third kappa shape index (κ3) is 5.63. The minimum Gasteiger partial charge on any atom is -0.402 e. The van der Waals surface area contributed by atoms with Gasteiger partial charge in [-0.3, -0.25) is 4.79 Å². The smallest absolute Gasteiger partial charge is 0.224 e. The van der Waals surface area contributed by atoms with Gasteiger partial charge in [-0.05, 0) is 105 Å². The maximum Gasteiger partial charge on any atom is 0.224 e. The van der Waals surface area contributed by atoms with Gasteiger partial charge in [0.15, 0.2) is 0 Å². The van der Waals surface area contributed by atoms with Crippen LogP contribution in [0.3, 0.4) is 0 Å². The van der Waals surface area contributed by atoms with E-state index in [1.54, 1.807) is 5.57 Å². The lowest BCUT2D eigenvalue weighted by atomic mass is 9.52. The van der Waals surface area contributed by atoms with Crippen molar-refractivity contribution in [2.75, 3.05) is 0 Å². The molecule has 4 atom stereocenters. The Morgan fingerprint density at radius 2 is 2.00 bits per heavy atom. The normalized spacial score (nSPS) is 29.8. The number of amides is 1. The Kier molecular flexibility index (Phi) is 6.73. The van der Waals surface area contributed by atoms with E-state index in [1.807, 2.05) is 31.2 Å². The van der Waals surface area contributed by atoms with Gasteiger partial charge in [-0.1, -0.05) is 48.1 Å². The van der Waals surface area contributed by atoms with Crippen LogP contribution in [-0.2, 0) is 11.2 Å². The van der Waals surface area contributed by atoms with Crippen LogP contribution >= 0.6 is 0 Å². The molecule has 6 rings (SSSR count). The Labute approximate surface area is 210 Å². The molecule has 1 amide bonds. The number of allylic oxidation sites excluding steroid dienone is 8. The number of aryl methyl sites for hydroxylation is 1. The van der Waals surface area contributed by atoms with Crippen LogP contribution in [0.4, 0.5) is 0 Å². The lowest BCUT2D eigenvalue weighted by molar-refractivity contribution is -0.120. The van der Waals surface area contributed by atoms with Crippen molar-refractivity contribution < 1.29 is 4.79 Å². The molecule has 4 heteroatoms. The van der Waals surface area contributed by atoms with Crippen LogP contribution in [0.25, 0.3) is 0 Å². The van der Waals surface area contributed by atoms with Crippen LogP contribution in [-0.4, -0.2) is 11.9 Å². The van der Waals surface area contributed by atoms with Crippen LogP contribution in [0.2, 0.25) is 0 Å². The van der Waals surface area contributed by atoms with Crippen LogP contribution < -0.4 is 16.4 Å². The quantitative estimate of drug-likeness (QED) is 0.332. The molecule has 1 heterocycles. The summed E-state index contributed by atoms with van der Waals surface area (Å²) in [4.78, 5) is 12.9. The largest absolute Gasteiger partial charge is 0.402 e. The fourth-order valence-electron chi connectivity index (χ4n) is 6.94. The number of hydrogen-bond acceptors (Lipinski definition) is 3. The molecule has 0 radical (unpaired) electrons. The average Bonchev–Trinajstić information content (AvgIpc) is 2.82. The van der Waals surface area contributed by atoms with Crippen molar-refractivity contribution in [2.45, 2.75) is 71.3 Å². The monoisotopic (exact) mass is 469 g/mol. The average molecular weight is 470 g/mol. The van der Waals surface area contributed by atoms with Crippen molar-refractivity contribution >= 4 is 5.91 Å². The molecule has 2 fully saturated rings. The fourth-order valence-corrected chi connectivity index (χ4v) is 6.94. The zero-order chi connectivity index (χ0) is 24.4. The summed E-state index contributed by atoms with van der Waals surface area (Å²) in [6.45, 7) is 4.02. The number of benzene rings is 1. The van der Waals surface area contributed by atoms with E-state index in [9.17, 15) is 4.79 Å². The zero-order valence-electron chi connectivity index (χ0n) is 21.1. The number of hydrogen-bond donors (Lipinski definition) is 3. The molecule has 1 aromatic rings. The molecule has 4 N–H and O–H groups in total. The molecule has 4 unspecified atom stereocenters. The fraction of sp³-hybridized carbons (Fsp3) is 0.452. The standard InChI is InChI=1S/C31H39N3O/c1-21(8-9-22(2)32)27-11-12-28(34-30(35)13-10-23-6-4-3-5-7-23)29(33-27)20-31-17-24-14-25(18-31)16-26(15-24)19-31/h3-9,11-12,14,24,26,29,33H,10,13,15-20,32H2,1-2H3,(H,34,35)/b21-8+,22-9+. The Morgan fingerprint density at radius 1 is 1.17 bits per heavy atom. The van der Waals surface area contributed by atoms with E-state index in [-0.39, 0.29) is 11.9 Å². The Balaban J connectivity index is 1.33. The highest BCUT2D eigenvalue weighted by Crippen LogP contribution is 2.59. The maximum atomic E-state index is 12.9. The number of dihydropyridines is 1. The van der Waals surface area contributed by atoms with E-state index < -0.39 is 0 Å². The molecule has 0 spiro atoms. The highest BCUT2D eigenvalue weighted by Gasteiger charge is 2.48. The van der Waals surface area contributed by atoms with Crippen LogP contribution in [0.5, 0.6) is 0 Å². The number of nitrogens with two attached hydrogens (primary N) is 1. The minimum absolute atomic E-state index is 0.0888. The first-order chi connectivity index (χ1) is 16.9. The molecular weight excluding hydrogens is 430 g/mol. The third-order valence-electron chi connectivity index (χ3n) is 8.24. The molecule has 1 aliphatic heterocycles. The lowest BCUT2D eigenvalue weighted by Crippen LogP contribution is -2.48. The molecule has 2 saturated carbocycles. The highest BCUT2D eigenvalue weighted by atomic mass is 16.1. The maximum absolute atomic E-state index is 12.9. The summed E-state index contributed by atoms with van der Waals surface area (Å²) in [7, 11) is 0. The lowest BCUT2D eigenvalue weighted by Gasteiger charge is -2.54. The predicted octanol–water partition coefficient (Wildman–Crippen LogP) is 5.81. The number of rotatable bonds is 8. The SMILES string of the molecule is C/C(N)=C\C=C(/C)C1=CC=C(NC(=O)CCc2ccccc2)C(CC23CC4=CC(CC(C4)C2)C3)N1. The van der Waals surface area contributed by atoms with Gasteiger partial charge in [0, 0.05) is 23.5 Å².